The number of rotatable bonds is 2. The minimum Gasteiger partial charge on any atom is -0.334 e. The van der Waals surface area contributed by atoms with E-state index >= 15 is 0 Å². The molecule has 2 rings (SSSR count). The molecule has 0 saturated carbocycles. The first kappa shape index (κ1) is 7.60. The number of aldehydes is 1. The molecule has 13 heavy (non-hydrogen) atoms. The van der Waals surface area contributed by atoms with E-state index in [1.165, 1.54) is 0 Å². The highest BCUT2D eigenvalue weighted by Crippen LogP contribution is 2.10. The Morgan fingerprint density at radius 3 is 2.77 bits per heavy atom. The lowest BCUT2D eigenvalue weighted by Gasteiger charge is -1.92. The number of aromatic amines is 1. The molecular formula is C8H6N4O. The van der Waals surface area contributed by atoms with Gasteiger partial charge in [0.15, 0.2) is 12.1 Å². The molecule has 0 atom stereocenters. The highest BCUT2D eigenvalue weighted by Gasteiger charge is 2.02. The smallest absolute Gasteiger partial charge is 0.185 e. The molecule has 0 radical (unpaired) electrons. The standard InChI is InChI=1S/C8H6N4O/c13-5-8-11-4-7(12-8)6-3-9-1-2-10-6/h1-5H,(H,11,12). The van der Waals surface area contributed by atoms with Crippen molar-refractivity contribution in [1.29, 1.82) is 0 Å². The highest BCUT2D eigenvalue weighted by molar-refractivity contribution is 5.70. The third kappa shape index (κ3) is 1.44. The van der Waals surface area contributed by atoms with Crippen LogP contribution in [0.4, 0.5) is 0 Å². The Kier molecular flexibility index (Phi) is 1.84. The zero-order valence-electron chi connectivity index (χ0n) is 6.64. The topological polar surface area (TPSA) is 71.5 Å². The Hall–Kier alpha value is -2.04. The van der Waals surface area contributed by atoms with Crippen LogP contribution >= 0.6 is 0 Å². The monoisotopic (exact) mass is 174 g/mol. The first-order chi connectivity index (χ1) is 6.40. The molecule has 0 aromatic carbocycles. The minimum absolute atomic E-state index is 0.292. The summed E-state index contributed by atoms with van der Waals surface area (Å²) in [7, 11) is 0. The maximum Gasteiger partial charge on any atom is 0.185 e. The van der Waals surface area contributed by atoms with Crippen LogP contribution in [0.15, 0.2) is 24.8 Å². The lowest BCUT2D eigenvalue weighted by Crippen LogP contribution is -1.85. The molecule has 5 heteroatoms. The number of aromatic nitrogens is 4. The Balaban J connectivity index is 2.41. The summed E-state index contributed by atoms with van der Waals surface area (Å²) in [5.41, 5.74) is 1.36. The molecular weight excluding hydrogens is 168 g/mol. The molecule has 0 amide bonds. The van der Waals surface area contributed by atoms with Gasteiger partial charge in [-0.25, -0.2) is 4.98 Å². The number of nitrogens with zero attached hydrogens (tertiary/aromatic N) is 3. The van der Waals surface area contributed by atoms with Gasteiger partial charge < -0.3 is 4.98 Å². The lowest BCUT2D eigenvalue weighted by atomic mass is 10.3. The van der Waals surface area contributed by atoms with Crippen LogP contribution in [0.2, 0.25) is 0 Å². The van der Waals surface area contributed by atoms with Crippen LogP contribution in [-0.2, 0) is 0 Å². The van der Waals surface area contributed by atoms with E-state index in [1.807, 2.05) is 0 Å². The van der Waals surface area contributed by atoms with E-state index in [0.29, 0.717) is 23.5 Å². The van der Waals surface area contributed by atoms with Gasteiger partial charge in [0.1, 0.15) is 5.69 Å². The number of H-pyrrole nitrogens is 1. The fourth-order valence-electron chi connectivity index (χ4n) is 0.965. The van der Waals surface area contributed by atoms with Crippen molar-refractivity contribution in [3.8, 4) is 11.4 Å². The van der Waals surface area contributed by atoms with Crippen molar-refractivity contribution < 1.29 is 4.79 Å². The van der Waals surface area contributed by atoms with Gasteiger partial charge in [-0.05, 0) is 0 Å². The molecule has 0 aliphatic heterocycles. The van der Waals surface area contributed by atoms with E-state index in [0.717, 1.165) is 0 Å². The number of carbonyl (C=O) groups is 1. The second kappa shape index (κ2) is 3.14. The summed E-state index contributed by atoms with van der Waals surface area (Å²) in [6.45, 7) is 0. The fourth-order valence-corrected chi connectivity index (χ4v) is 0.965. The Morgan fingerprint density at radius 1 is 1.23 bits per heavy atom. The molecule has 1 N–H and O–H groups in total. The van der Waals surface area contributed by atoms with Crippen molar-refractivity contribution >= 4 is 6.29 Å². The Bertz CT molecular complexity index is 409. The van der Waals surface area contributed by atoms with Gasteiger partial charge in [-0.15, -0.1) is 0 Å². The van der Waals surface area contributed by atoms with Crippen molar-refractivity contribution in [2.75, 3.05) is 0 Å². The number of hydrogen-bond acceptors (Lipinski definition) is 4. The van der Waals surface area contributed by atoms with Crippen molar-refractivity contribution in [3.63, 3.8) is 0 Å². The summed E-state index contributed by atoms with van der Waals surface area (Å²) >= 11 is 0. The molecule has 0 unspecified atom stereocenters. The Morgan fingerprint density at radius 2 is 2.15 bits per heavy atom. The predicted molar refractivity (Wildman–Crippen MR) is 45.0 cm³/mol. The molecule has 0 aliphatic carbocycles. The van der Waals surface area contributed by atoms with Crippen molar-refractivity contribution in [1.82, 2.24) is 19.9 Å². The van der Waals surface area contributed by atoms with E-state index in [2.05, 4.69) is 19.9 Å². The lowest BCUT2D eigenvalue weighted by molar-refractivity contribution is 0.111. The Labute approximate surface area is 73.9 Å². The number of imidazole rings is 1. The van der Waals surface area contributed by atoms with E-state index < -0.39 is 0 Å². The van der Waals surface area contributed by atoms with Gasteiger partial charge in [0.25, 0.3) is 0 Å². The number of carbonyl (C=O) groups excluding carboxylic acids is 1. The summed E-state index contributed by atoms with van der Waals surface area (Å²) < 4.78 is 0. The molecule has 0 bridgehead atoms. The summed E-state index contributed by atoms with van der Waals surface area (Å²) in [5.74, 6) is 0.292. The molecule has 5 nitrogen and oxygen atoms in total. The zero-order chi connectivity index (χ0) is 9.10. The summed E-state index contributed by atoms with van der Waals surface area (Å²) in [6, 6.07) is 0. The average molecular weight is 174 g/mol. The van der Waals surface area contributed by atoms with Crippen molar-refractivity contribution in [2.24, 2.45) is 0 Å². The maximum absolute atomic E-state index is 10.3. The minimum atomic E-state index is 0.292. The summed E-state index contributed by atoms with van der Waals surface area (Å²) in [6.07, 6.45) is 6.97. The van der Waals surface area contributed by atoms with Crippen LogP contribution in [0, 0.1) is 0 Å². The van der Waals surface area contributed by atoms with Gasteiger partial charge in [0, 0.05) is 12.4 Å². The van der Waals surface area contributed by atoms with Crippen molar-refractivity contribution in [2.45, 2.75) is 0 Å². The quantitative estimate of drug-likeness (QED) is 0.679. The van der Waals surface area contributed by atoms with E-state index in [4.69, 9.17) is 0 Å². The second-order valence-corrected chi connectivity index (χ2v) is 2.39. The summed E-state index contributed by atoms with van der Waals surface area (Å²) in [5, 5.41) is 0. The van der Waals surface area contributed by atoms with Gasteiger partial charge in [-0.1, -0.05) is 0 Å². The molecule has 0 fully saturated rings. The van der Waals surface area contributed by atoms with Gasteiger partial charge in [-0.2, -0.15) is 0 Å². The summed E-state index contributed by atoms with van der Waals surface area (Å²) in [4.78, 5) is 24.9. The third-order valence-electron chi connectivity index (χ3n) is 1.55. The first-order valence-electron chi connectivity index (χ1n) is 3.67. The first-order valence-corrected chi connectivity index (χ1v) is 3.67. The van der Waals surface area contributed by atoms with Crippen LogP contribution < -0.4 is 0 Å². The second-order valence-electron chi connectivity index (χ2n) is 2.39. The molecule has 2 aromatic rings. The van der Waals surface area contributed by atoms with Crippen molar-refractivity contribution in [3.05, 3.63) is 30.6 Å². The van der Waals surface area contributed by atoms with Crippen LogP contribution in [-0.4, -0.2) is 26.2 Å². The average Bonchev–Trinajstić information content (AvgIpc) is 2.67. The van der Waals surface area contributed by atoms with Crippen LogP contribution in [0.5, 0.6) is 0 Å². The molecule has 0 saturated heterocycles. The van der Waals surface area contributed by atoms with Crippen LogP contribution in [0.25, 0.3) is 11.4 Å². The largest absolute Gasteiger partial charge is 0.334 e. The molecule has 2 aromatic heterocycles. The number of hydrogen-bond donors (Lipinski definition) is 1. The number of nitrogens with one attached hydrogen (secondary N) is 1. The third-order valence-corrected chi connectivity index (χ3v) is 1.55. The van der Waals surface area contributed by atoms with Gasteiger partial charge in [0.2, 0.25) is 0 Å². The molecule has 0 aliphatic rings. The molecule has 64 valence electrons. The van der Waals surface area contributed by atoms with Gasteiger partial charge >= 0.3 is 0 Å². The van der Waals surface area contributed by atoms with Gasteiger partial charge in [0.05, 0.1) is 18.1 Å². The van der Waals surface area contributed by atoms with Gasteiger partial charge in [-0.3, -0.25) is 14.8 Å². The zero-order valence-corrected chi connectivity index (χ0v) is 6.64. The van der Waals surface area contributed by atoms with Crippen LogP contribution in [0.1, 0.15) is 10.6 Å². The molecule has 2 heterocycles. The highest BCUT2D eigenvalue weighted by atomic mass is 16.1. The van der Waals surface area contributed by atoms with Crippen LogP contribution in [0.3, 0.4) is 0 Å². The molecule has 0 spiro atoms. The fraction of sp³-hybridized carbons (Fsp3) is 0. The normalized spacial score (nSPS) is 9.85. The SMILES string of the molecule is O=Cc1ncc(-c2cnccn2)[nH]1. The predicted octanol–water partition coefficient (Wildman–Crippen LogP) is 0.679. The van der Waals surface area contributed by atoms with E-state index in [1.54, 1.807) is 24.8 Å². The van der Waals surface area contributed by atoms with E-state index in [-0.39, 0.29) is 0 Å². The maximum atomic E-state index is 10.3. The van der Waals surface area contributed by atoms with E-state index in [9.17, 15) is 4.79 Å².